The summed E-state index contributed by atoms with van der Waals surface area (Å²) < 4.78 is 0. The third-order valence-electron chi connectivity index (χ3n) is 6.97. The zero-order valence-corrected chi connectivity index (χ0v) is 22.0. The molecule has 4 aromatic rings. The van der Waals surface area contributed by atoms with E-state index in [4.69, 9.17) is 0 Å². The standard InChI is InChI=1S/C29H31Si2.Cu/c1-4-29(30(2,25-17-9-5-10-18-25)26-19-11-6-12-20-26)31(3,27-21-13-7-14-22-27)28-23-15-8-16-24-28;/h5-24H,4H2,1-3H3;/q-1;+1. The molecular weight excluding hydrogens is 468 g/mol. The van der Waals surface area contributed by atoms with Crippen LogP contribution in [0.25, 0.3) is 0 Å². The van der Waals surface area contributed by atoms with E-state index in [1.165, 1.54) is 20.7 Å². The van der Waals surface area contributed by atoms with Gasteiger partial charge >= 0.3 is 17.1 Å². The van der Waals surface area contributed by atoms with Crippen molar-refractivity contribution in [2.45, 2.75) is 26.4 Å². The van der Waals surface area contributed by atoms with Crippen LogP contribution in [0, 0.1) is 5.16 Å². The van der Waals surface area contributed by atoms with Gasteiger partial charge in [-0.15, -0.1) is 0 Å². The molecule has 0 saturated carbocycles. The molecule has 3 heteroatoms. The van der Waals surface area contributed by atoms with Gasteiger partial charge in [0.2, 0.25) is 0 Å². The topological polar surface area (TPSA) is 0 Å². The Morgan fingerprint density at radius 3 is 0.875 bits per heavy atom. The molecule has 4 aromatic carbocycles. The molecule has 0 spiro atoms. The third-order valence-corrected chi connectivity index (χ3v) is 19.0. The summed E-state index contributed by atoms with van der Waals surface area (Å²) in [7, 11) is -4.31. The first-order chi connectivity index (χ1) is 15.1. The summed E-state index contributed by atoms with van der Waals surface area (Å²) in [5.74, 6) is 0. The van der Waals surface area contributed by atoms with Gasteiger partial charge in [0.15, 0.2) is 0 Å². The predicted molar refractivity (Wildman–Crippen MR) is 141 cm³/mol. The molecule has 0 N–H and O–H groups in total. The van der Waals surface area contributed by atoms with E-state index in [-0.39, 0.29) is 17.1 Å². The number of hydrogen-bond acceptors (Lipinski definition) is 0. The van der Waals surface area contributed by atoms with Crippen LogP contribution >= 0.6 is 0 Å². The Morgan fingerprint density at radius 2 is 0.688 bits per heavy atom. The molecule has 0 aliphatic rings. The normalized spacial score (nSPS) is 11.8. The van der Waals surface area contributed by atoms with Crippen molar-refractivity contribution < 1.29 is 17.1 Å². The molecule has 0 aromatic heterocycles. The molecule has 0 bridgehead atoms. The van der Waals surface area contributed by atoms with Gasteiger partial charge in [-0.05, 0) is 16.1 Å². The number of rotatable bonds is 7. The minimum absolute atomic E-state index is 0. The van der Waals surface area contributed by atoms with Gasteiger partial charge < -0.3 is 0 Å². The fourth-order valence-corrected chi connectivity index (χ4v) is 18.0. The van der Waals surface area contributed by atoms with Gasteiger partial charge in [0.05, 0.1) is 0 Å². The molecular formula is C29H31CuSi2. The smallest absolute Gasteiger partial charge is 0.294 e. The van der Waals surface area contributed by atoms with Gasteiger partial charge in [-0.1, -0.05) is 162 Å². The van der Waals surface area contributed by atoms with Crippen molar-refractivity contribution in [3.05, 3.63) is 126 Å². The second-order valence-electron chi connectivity index (χ2n) is 8.55. The van der Waals surface area contributed by atoms with Crippen molar-refractivity contribution in [2.24, 2.45) is 0 Å². The maximum absolute atomic E-state index is 2.58. The minimum atomic E-state index is -2.15. The molecule has 0 radical (unpaired) electrons. The molecule has 0 unspecified atom stereocenters. The van der Waals surface area contributed by atoms with Crippen LogP contribution in [0.2, 0.25) is 13.1 Å². The van der Waals surface area contributed by atoms with Crippen LogP contribution in [0.1, 0.15) is 13.3 Å². The fraction of sp³-hybridized carbons (Fsp3) is 0.138. The quantitative estimate of drug-likeness (QED) is 0.253. The largest absolute Gasteiger partial charge is 1.00 e. The van der Waals surface area contributed by atoms with E-state index in [0.717, 1.165) is 6.42 Å². The summed E-state index contributed by atoms with van der Waals surface area (Å²) in [6.07, 6.45) is 1.10. The Hall–Kier alpha value is -2.17. The Labute approximate surface area is 206 Å². The van der Waals surface area contributed by atoms with Crippen molar-refractivity contribution in [3.63, 3.8) is 0 Å². The average Bonchev–Trinajstić information content (AvgIpc) is 2.86. The van der Waals surface area contributed by atoms with Gasteiger partial charge in [-0.25, -0.2) is 0 Å². The molecule has 166 valence electrons. The minimum Gasteiger partial charge on any atom is -0.294 e. The van der Waals surface area contributed by atoms with Gasteiger partial charge in [-0.2, -0.15) is 6.42 Å². The van der Waals surface area contributed by atoms with Crippen LogP contribution < -0.4 is 20.7 Å². The summed E-state index contributed by atoms with van der Waals surface area (Å²) in [5.41, 5.74) is 0. The second kappa shape index (κ2) is 10.6. The Morgan fingerprint density at radius 1 is 0.469 bits per heavy atom. The van der Waals surface area contributed by atoms with Crippen molar-refractivity contribution in [1.82, 2.24) is 0 Å². The zero-order chi connectivity index (χ0) is 21.7. The molecule has 0 amide bonds. The Bertz CT molecular complexity index is 915. The summed E-state index contributed by atoms with van der Waals surface area (Å²) >= 11 is 0. The van der Waals surface area contributed by atoms with Crippen LogP contribution in [0.5, 0.6) is 0 Å². The van der Waals surface area contributed by atoms with E-state index in [2.05, 4.69) is 141 Å². The summed E-state index contributed by atoms with van der Waals surface area (Å²) in [4.78, 5) is 0. The van der Waals surface area contributed by atoms with Crippen molar-refractivity contribution in [2.75, 3.05) is 0 Å². The van der Waals surface area contributed by atoms with E-state index in [0.29, 0.717) is 0 Å². The Balaban J connectivity index is 0.00000289. The molecule has 0 heterocycles. The van der Waals surface area contributed by atoms with E-state index in [9.17, 15) is 0 Å². The van der Waals surface area contributed by atoms with Crippen molar-refractivity contribution in [3.8, 4) is 0 Å². The van der Waals surface area contributed by atoms with Gasteiger partial charge in [0.1, 0.15) is 0 Å². The van der Waals surface area contributed by atoms with Gasteiger partial charge in [-0.3, -0.25) is 5.16 Å². The molecule has 32 heavy (non-hydrogen) atoms. The van der Waals surface area contributed by atoms with Crippen molar-refractivity contribution in [1.29, 1.82) is 0 Å². The maximum atomic E-state index is 2.58. The van der Waals surface area contributed by atoms with E-state index in [1.807, 2.05) is 0 Å². The van der Waals surface area contributed by atoms with Gasteiger partial charge in [0.25, 0.3) is 0 Å². The van der Waals surface area contributed by atoms with Crippen LogP contribution in [-0.4, -0.2) is 16.1 Å². The maximum Gasteiger partial charge on any atom is 1.00 e. The molecule has 0 nitrogen and oxygen atoms in total. The van der Waals surface area contributed by atoms with Crippen LogP contribution in [-0.2, 0) is 17.1 Å². The summed E-state index contributed by atoms with van der Waals surface area (Å²) in [5, 5.41) is 7.79. The molecule has 0 aliphatic heterocycles. The molecule has 0 atom stereocenters. The molecule has 0 fully saturated rings. The van der Waals surface area contributed by atoms with E-state index in [1.54, 1.807) is 5.16 Å². The summed E-state index contributed by atoms with van der Waals surface area (Å²) in [6, 6.07) is 45.1. The van der Waals surface area contributed by atoms with Gasteiger partial charge in [0, 0.05) is 0 Å². The number of hydrogen-bond donors (Lipinski definition) is 0. The fourth-order valence-electron chi connectivity index (χ4n) is 5.32. The average molecular weight is 499 g/mol. The van der Waals surface area contributed by atoms with Crippen molar-refractivity contribution >= 4 is 36.9 Å². The number of benzene rings is 4. The van der Waals surface area contributed by atoms with Crippen LogP contribution in [0.4, 0.5) is 0 Å². The SMILES string of the molecule is CC[C-]([Si](C)(c1ccccc1)c1ccccc1)[Si](C)(c1ccccc1)c1ccccc1.[Cu+]. The Kier molecular flexibility index (Phi) is 8.13. The molecule has 4 rings (SSSR count). The first kappa shape index (κ1) is 24.5. The van der Waals surface area contributed by atoms with Crippen LogP contribution in [0.15, 0.2) is 121 Å². The van der Waals surface area contributed by atoms with E-state index < -0.39 is 16.1 Å². The first-order valence-electron chi connectivity index (χ1n) is 11.2. The first-order valence-corrected chi connectivity index (χ1v) is 16.2. The zero-order valence-electron chi connectivity index (χ0n) is 19.1. The molecule has 0 aliphatic carbocycles. The third kappa shape index (κ3) is 4.36. The summed E-state index contributed by atoms with van der Waals surface area (Å²) in [6.45, 7) is 7.53. The van der Waals surface area contributed by atoms with E-state index >= 15 is 0 Å². The predicted octanol–water partition coefficient (Wildman–Crippen LogP) is 4.83. The molecule has 0 saturated heterocycles. The second-order valence-corrected chi connectivity index (χ2v) is 17.1. The van der Waals surface area contributed by atoms with Crippen LogP contribution in [0.3, 0.4) is 0 Å². The monoisotopic (exact) mass is 498 g/mol.